The van der Waals surface area contributed by atoms with Crippen LogP contribution in [-0.4, -0.2) is 28.5 Å². The molecule has 0 saturated carbocycles. The van der Waals surface area contributed by atoms with Crippen LogP contribution in [0.3, 0.4) is 0 Å². The standard InChI is InChI=1S/C17H21BrN4O2/c1-12(15-6-2-3-7-16(15)18)20-17(23)21-13-9-19-22(10-13)11-14-5-4-8-24-14/h2-3,6-7,9-10,12,14H,4-5,8,11H2,1H3,(H2,20,21,23). The Morgan fingerprint density at radius 1 is 1.50 bits per heavy atom. The fraction of sp³-hybridized carbons (Fsp3) is 0.412. The molecule has 2 N–H and O–H groups in total. The molecule has 6 nitrogen and oxygen atoms in total. The second-order valence-electron chi connectivity index (χ2n) is 5.93. The highest BCUT2D eigenvalue weighted by molar-refractivity contribution is 9.10. The van der Waals surface area contributed by atoms with Crippen molar-refractivity contribution < 1.29 is 9.53 Å². The quantitative estimate of drug-likeness (QED) is 0.814. The van der Waals surface area contributed by atoms with Crippen molar-refractivity contribution in [3.05, 3.63) is 46.7 Å². The summed E-state index contributed by atoms with van der Waals surface area (Å²) in [5.41, 5.74) is 1.70. The minimum atomic E-state index is -0.255. The lowest BCUT2D eigenvalue weighted by molar-refractivity contribution is 0.0940. The van der Waals surface area contributed by atoms with Crippen LogP contribution in [0.5, 0.6) is 0 Å². The zero-order chi connectivity index (χ0) is 16.9. The van der Waals surface area contributed by atoms with Crippen molar-refractivity contribution in [2.45, 2.75) is 38.5 Å². The summed E-state index contributed by atoms with van der Waals surface area (Å²) in [6.45, 7) is 3.49. The number of hydrogen-bond acceptors (Lipinski definition) is 3. The van der Waals surface area contributed by atoms with E-state index >= 15 is 0 Å². The molecule has 1 saturated heterocycles. The number of aromatic nitrogens is 2. The van der Waals surface area contributed by atoms with Gasteiger partial charge in [0.1, 0.15) is 0 Å². The van der Waals surface area contributed by atoms with E-state index < -0.39 is 0 Å². The number of halogens is 1. The van der Waals surface area contributed by atoms with Crippen LogP contribution in [0, 0.1) is 0 Å². The second kappa shape index (κ2) is 7.81. The maximum Gasteiger partial charge on any atom is 0.319 e. The fourth-order valence-electron chi connectivity index (χ4n) is 2.79. The highest BCUT2D eigenvalue weighted by Crippen LogP contribution is 2.22. The first-order valence-electron chi connectivity index (χ1n) is 8.08. The van der Waals surface area contributed by atoms with Gasteiger partial charge >= 0.3 is 6.03 Å². The smallest absolute Gasteiger partial charge is 0.319 e. The number of nitrogens with one attached hydrogen (secondary N) is 2. The molecule has 0 spiro atoms. The normalized spacial score (nSPS) is 18.3. The summed E-state index contributed by atoms with van der Waals surface area (Å²) < 4.78 is 8.38. The average Bonchev–Trinajstić information content (AvgIpc) is 3.20. The number of ether oxygens (including phenoxy) is 1. The molecule has 24 heavy (non-hydrogen) atoms. The zero-order valence-corrected chi connectivity index (χ0v) is 15.1. The molecule has 0 aliphatic carbocycles. The largest absolute Gasteiger partial charge is 0.376 e. The maximum atomic E-state index is 12.2. The van der Waals surface area contributed by atoms with Crippen LogP contribution < -0.4 is 10.6 Å². The van der Waals surface area contributed by atoms with Gasteiger partial charge in [0.2, 0.25) is 0 Å². The van der Waals surface area contributed by atoms with Gasteiger partial charge in [0, 0.05) is 17.3 Å². The molecule has 2 aromatic rings. The molecule has 2 heterocycles. The third-order valence-corrected chi connectivity index (χ3v) is 4.75. The summed E-state index contributed by atoms with van der Waals surface area (Å²) in [7, 11) is 0. The highest BCUT2D eigenvalue weighted by atomic mass is 79.9. The van der Waals surface area contributed by atoms with E-state index in [2.05, 4.69) is 31.7 Å². The van der Waals surface area contributed by atoms with Gasteiger partial charge in [0.15, 0.2) is 0 Å². The summed E-state index contributed by atoms with van der Waals surface area (Å²) >= 11 is 3.50. The summed E-state index contributed by atoms with van der Waals surface area (Å²) in [6.07, 6.45) is 5.86. The van der Waals surface area contributed by atoms with Crippen molar-refractivity contribution in [3.8, 4) is 0 Å². The van der Waals surface area contributed by atoms with Crippen LogP contribution >= 0.6 is 15.9 Å². The first kappa shape index (κ1) is 17.0. The molecule has 128 valence electrons. The Balaban J connectivity index is 1.53. The number of nitrogens with zero attached hydrogens (tertiary/aromatic N) is 2. The molecule has 2 amide bonds. The molecule has 1 aromatic carbocycles. The molecular weight excluding hydrogens is 372 g/mol. The lowest BCUT2D eigenvalue weighted by Gasteiger charge is -2.16. The van der Waals surface area contributed by atoms with Gasteiger partial charge < -0.3 is 15.4 Å². The monoisotopic (exact) mass is 392 g/mol. The Hall–Kier alpha value is -1.86. The molecule has 0 bridgehead atoms. The maximum absolute atomic E-state index is 12.2. The molecule has 2 atom stereocenters. The number of rotatable bonds is 5. The van der Waals surface area contributed by atoms with Gasteiger partial charge in [-0.25, -0.2) is 4.79 Å². The number of hydrogen-bond donors (Lipinski definition) is 2. The van der Waals surface area contributed by atoms with E-state index in [9.17, 15) is 4.79 Å². The zero-order valence-electron chi connectivity index (χ0n) is 13.5. The molecule has 7 heteroatoms. The minimum Gasteiger partial charge on any atom is -0.376 e. The van der Waals surface area contributed by atoms with E-state index in [1.54, 1.807) is 6.20 Å². The predicted octanol–water partition coefficient (Wildman–Crippen LogP) is 3.71. The van der Waals surface area contributed by atoms with Crippen molar-refractivity contribution in [2.75, 3.05) is 11.9 Å². The molecule has 2 unspecified atom stereocenters. The molecule has 3 rings (SSSR count). The third kappa shape index (κ3) is 4.36. The summed E-state index contributed by atoms with van der Waals surface area (Å²) in [4.78, 5) is 12.2. The van der Waals surface area contributed by atoms with Crippen molar-refractivity contribution in [1.29, 1.82) is 0 Å². The molecule has 1 aliphatic heterocycles. The predicted molar refractivity (Wildman–Crippen MR) is 95.9 cm³/mol. The molecule has 1 fully saturated rings. The molecular formula is C17H21BrN4O2. The van der Waals surface area contributed by atoms with Gasteiger partial charge in [-0.05, 0) is 31.4 Å². The average molecular weight is 393 g/mol. The van der Waals surface area contributed by atoms with Gasteiger partial charge in [-0.15, -0.1) is 0 Å². The highest BCUT2D eigenvalue weighted by Gasteiger charge is 2.17. The van der Waals surface area contributed by atoms with Gasteiger partial charge in [-0.1, -0.05) is 34.1 Å². The third-order valence-electron chi connectivity index (χ3n) is 4.03. The first-order chi connectivity index (χ1) is 11.6. The summed E-state index contributed by atoms with van der Waals surface area (Å²) in [5.74, 6) is 0. The van der Waals surface area contributed by atoms with Gasteiger partial charge in [-0.3, -0.25) is 4.68 Å². The van der Waals surface area contributed by atoms with Crippen molar-refractivity contribution in [2.24, 2.45) is 0 Å². The Morgan fingerprint density at radius 3 is 3.08 bits per heavy atom. The van der Waals surface area contributed by atoms with E-state index in [-0.39, 0.29) is 18.2 Å². The van der Waals surface area contributed by atoms with Crippen molar-refractivity contribution in [3.63, 3.8) is 0 Å². The lowest BCUT2D eigenvalue weighted by Crippen LogP contribution is -2.31. The van der Waals surface area contributed by atoms with Gasteiger partial charge in [-0.2, -0.15) is 5.10 Å². The number of amides is 2. The Bertz CT molecular complexity index is 697. The fourth-order valence-corrected chi connectivity index (χ4v) is 3.42. The number of benzene rings is 1. The molecule has 1 aromatic heterocycles. The van der Waals surface area contributed by atoms with Crippen LogP contribution in [0.4, 0.5) is 10.5 Å². The Labute approximate surface area is 149 Å². The van der Waals surface area contributed by atoms with Gasteiger partial charge in [0.05, 0.1) is 30.6 Å². The number of carbonyl (C=O) groups excluding carboxylic acids is 1. The van der Waals surface area contributed by atoms with E-state index in [1.165, 1.54) is 0 Å². The van der Waals surface area contributed by atoms with E-state index in [0.717, 1.165) is 36.0 Å². The summed E-state index contributed by atoms with van der Waals surface area (Å²) in [6, 6.07) is 7.47. The number of carbonyl (C=O) groups is 1. The number of urea groups is 1. The lowest BCUT2D eigenvalue weighted by atomic mass is 10.1. The van der Waals surface area contributed by atoms with Crippen LogP contribution in [-0.2, 0) is 11.3 Å². The SMILES string of the molecule is CC(NC(=O)Nc1cnn(CC2CCCO2)c1)c1ccccc1Br. The topological polar surface area (TPSA) is 68.2 Å². The van der Waals surface area contributed by atoms with Crippen LogP contribution in [0.2, 0.25) is 0 Å². The Kier molecular flexibility index (Phi) is 5.52. The Morgan fingerprint density at radius 2 is 2.33 bits per heavy atom. The minimum absolute atomic E-state index is 0.109. The van der Waals surface area contributed by atoms with Crippen LogP contribution in [0.15, 0.2) is 41.1 Å². The van der Waals surface area contributed by atoms with Crippen molar-refractivity contribution in [1.82, 2.24) is 15.1 Å². The first-order valence-corrected chi connectivity index (χ1v) is 8.87. The van der Waals surface area contributed by atoms with Crippen LogP contribution in [0.1, 0.15) is 31.4 Å². The van der Waals surface area contributed by atoms with Crippen LogP contribution in [0.25, 0.3) is 0 Å². The van der Waals surface area contributed by atoms with Gasteiger partial charge in [0.25, 0.3) is 0 Å². The molecule has 0 radical (unpaired) electrons. The van der Waals surface area contributed by atoms with E-state index in [0.29, 0.717) is 5.69 Å². The summed E-state index contributed by atoms with van der Waals surface area (Å²) in [5, 5.41) is 10.0. The second-order valence-corrected chi connectivity index (χ2v) is 6.78. The van der Waals surface area contributed by atoms with E-state index in [1.807, 2.05) is 42.1 Å². The van der Waals surface area contributed by atoms with Crippen molar-refractivity contribution >= 4 is 27.6 Å². The number of anilines is 1. The molecule has 1 aliphatic rings. The van der Waals surface area contributed by atoms with E-state index in [4.69, 9.17) is 4.74 Å².